The number of nitrogens with zero attached hydrogens (tertiary/aromatic N) is 6. The smallest absolute Gasteiger partial charge is 0.209 e. The van der Waals surface area contributed by atoms with E-state index in [0.717, 1.165) is 54.4 Å². The van der Waals surface area contributed by atoms with Crippen molar-refractivity contribution >= 4 is 17.3 Å². The van der Waals surface area contributed by atoms with E-state index in [-0.39, 0.29) is 18.1 Å². The first-order valence-corrected chi connectivity index (χ1v) is 11.6. The summed E-state index contributed by atoms with van der Waals surface area (Å²) in [5, 5.41) is 16.3. The second-order valence-corrected chi connectivity index (χ2v) is 8.52. The van der Waals surface area contributed by atoms with Gasteiger partial charge in [0.2, 0.25) is 5.95 Å². The molecule has 9 nitrogen and oxygen atoms in total. The van der Waals surface area contributed by atoms with E-state index in [1.807, 2.05) is 12.1 Å². The Bertz CT molecular complexity index is 1440. The average molecular weight is 471 g/mol. The van der Waals surface area contributed by atoms with Gasteiger partial charge in [0.1, 0.15) is 29.8 Å². The van der Waals surface area contributed by atoms with Gasteiger partial charge in [0.25, 0.3) is 0 Å². The van der Waals surface area contributed by atoms with Crippen molar-refractivity contribution in [1.29, 1.82) is 5.26 Å². The number of halogens is 1. The zero-order valence-corrected chi connectivity index (χ0v) is 19.0. The van der Waals surface area contributed by atoms with Crippen LogP contribution in [0.3, 0.4) is 0 Å². The molecule has 10 heteroatoms. The highest BCUT2D eigenvalue weighted by Gasteiger charge is 2.21. The summed E-state index contributed by atoms with van der Waals surface area (Å²) in [6, 6.07) is 9.25. The predicted octanol–water partition coefficient (Wildman–Crippen LogP) is 2.76. The number of nitrogens with one attached hydrogen (secondary N) is 2. The molecule has 4 aromatic rings. The number of fused-ring (bicyclic) bond motifs is 2. The van der Waals surface area contributed by atoms with Crippen LogP contribution in [-0.2, 0) is 13.0 Å². The van der Waals surface area contributed by atoms with Gasteiger partial charge in [0, 0.05) is 73.8 Å². The minimum absolute atomic E-state index is 0.237. The Kier molecular flexibility index (Phi) is 5.39. The summed E-state index contributed by atoms with van der Waals surface area (Å²) in [6.07, 6.45) is 5.74. The molecule has 0 bridgehead atoms. The van der Waals surface area contributed by atoms with E-state index in [4.69, 9.17) is 4.74 Å². The molecule has 5 heterocycles. The average Bonchev–Trinajstić information content (AvgIpc) is 3.56. The fourth-order valence-electron chi connectivity index (χ4n) is 4.74. The molecule has 3 aromatic heterocycles. The van der Waals surface area contributed by atoms with Gasteiger partial charge in [-0.15, -0.1) is 0 Å². The molecule has 1 fully saturated rings. The number of anilines is 2. The third-order valence-electron chi connectivity index (χ3n) is 6.54. The molecule has 2 aliphatic heterocycles. The summed E-state index contributed by atoms with van der Waals surface area (Å²) in [5.74, 6) is 1.84. The Balaban J connectivity index is 1.33. The minimum atomic E-state index is -0.284. The van der Waals surface area contributed by atoms with E-state index in [9.17, 15) is 9.65 Å². The number of ether oxygens (including phenoxy) is 1. The number of nitriles is 1. The van der Waals surface area contributed by atoms with Gasteiger partial charge < -0.3 is 20.3 Å². The van der Waals surface area contributed by atoms with Crippen LogP contribution in [0.2, 0.25) is 0 Å². The summed E-state index contributed by atoms with van der Waals surface area (Å²) in [5.41, 5.74) is 3.95. The third-order valence-corrected chi connectivity index (χ3v) is 6.54. The molecular formula is C25H23FN8O. The Morgan fingerprint density at radius 3 is 2.80 bits per heavy atom. The summed E-state index contributed by atoms with van der Waals surface area (Å²) >= 11 is 0. The normalized spacial score (nSPS) is 15.0. The van der Waals surface area contributed by atoms with Gasteiger partial charge in [-0.05, 0) is 24.3 Å². The molecule has 0 atom stereocenters. The van der Waals surface area contributed by atoms with E-state index < -0.39 is 0 Å². The van der Waals surface area contributed by atoms with Crippen molar-refractivity contribution in [3.05, 3.63) is 65.6 Å². The molecule has 2 aliphatic rings. The Morgan fingerprint density at radius 2 is 2.00 bits per heavy atom. The van der Waals surface area contributed by atoms with Crippen molar-refractivity contribution in [3.63, 3.8) is 0 Å². The van der Waals surface area contributed by atoms with Gasteiger partial charge in [-0.3, -0.25) is 4.40 Å². The molecule has 1 aromatic carbocycles. The topological polar surface area (TPSA) is 103 Å². The van der Waals surface area contributed by atoms with Crippen molar-refractivity contribution in [3.8, 4) is 22.9 Å². The SMILES string of the molecule is N#Cc1ncn2c(NCc3c(F)ccc4c3CCO4)ncc(-c3ccc(N4CCNCC4)nc3)c12. The lowest BCUT2D eigenvalue weighted by molar-refractivity contribution is 0.356. The van der Waals surface area contributed by atoms with Gasteiger partial charge in [0.05, 0.1) is 12.1 Å². The van der Waals surface area contributed by atoms with E-state index in [2.05, 4.69) is 36.6 Å². The molecule has 6 rings (SSSR count). The fraction of sp³-hybridized carbons (Fsp3) is 0.280. The van der Waals surface area contributed by atoms with Gasteiger partial charge in [0.15, 0.2) is 5.69 Å². The monoisotopic (exact) mass is 470 g/mol. The number of benzene rings is 1. The van der Waals surface area contributed by atoms with E-state index in [0.29, 0.717) is 30.1 Å². The summed E-state index contributed by atoms with van der Waals surface area (Å²) < 4.78 is 21.9. The molecular weight excluding hydrogens is 447 g/mol. The van der Waals surface area contributed by atoms with E-state index in [1.54, 1.807) is 29.2 Å². The van der Waals surface area contributed by atoms with Crippen LogP contribution < -0.4 is 20.3 Å². The van der Waals surface area contributed by atoms with E-state index in [1.165, 1.54) is 6.07 Å². The Labute approximate surface area is 201 Å². The van der Waals surface area contributed by atoms with Crippen LogP contribution >= 0.6 is 0 Å². The van der Waals surface area contributed by atoms with Crippen molar-refractivity contribution < 1.29 is 9.13 Å². The van der Waals surface area contributed by atoms with Crippen molar-refractivity contribution in [2.75, 3.05) is 43.0 Å². The highest BCUT2D eigenvalue weighted by Crippen LogP contribution is 2.32. The lowest BCUT2D eigenvalue weighted by atomic mass is 10.0. The minimum Gasteiger partial charge on any atom is -0.493 e. The molecule has 1 saturated heterocycles. The molecule has 0 unspecified atom stereocenters. The Hall–Kier alpha value is -4.23. The van der Waals surface area contributed by atoms with Gasteiger partial charge in [-0.25, -0.2) is 19.3 Å². The van der Waals surface area contributed by atoms with E-state index >= 15 is 0 Å². The number of pyridine rings is 1. The predicted molar refractivity (Wildman–Crippen MR) is 129 cm³/mol. The van der Waals surface area contributed by atoms with Crippen molar-refractivity contribution in [1.82, 2.24) is 24.7 Å². The number of aromatic nitrogens is 4. The maximum absolute atomic E-state index is 14.6. The molecule has 35 heavy (non-hydrogen) atoms. The molecule has 2 N–H and O–H groups in total. The highest BCUT2D eigenvalue weighted by molar-refractivity contribution is 5.84. The quantitative estimate of drug-likeness (QED) is 0.459. The highest BCUT2D eigenvalue weighted by atomic mass is 19.1. The second kappa shape index (κ2) is 8.85. The van der Waals surface area contributed by atoms with Crippen LogP contribution in [0.5, 0.6) is 5.75 Å². The van der Waals surface area contributed by atoms with Gasteiger partial charge in [-0.1, -0.05) is 0 Å². The van der Waals surface area contributed by atoms with Crippen LogP contribution in [0.4, 0.5) is 16.2 Å². The molecule has 0 aliphatic carbocycles. The number of hydrogen-bond donors (Lipinski definition) is 2. The molecule has 176 valence electrons. The Morgan fingerprint density at radius 1 is 1.11 bits per heavy atom. The lowest BCUT2D eigenvalue weighted by Gasteiger charge is -2.28. The first-order chi connectivity index (χ1) is 17.2. The standard InChI is InChI=1S/C25H23FN8O/c26-20-2-3-22-17(5-10-35-22)19(20)14-31-25-30-13-18(24-21(11-27)32-15-34(24)25)16-1-4-23(29-12-16)33-8-6-28-7-9-33/h1-4,12-13,15,28H,5-10,14H2,(H,30,31). The third kappa shape index (κ3) is 3.80. The fourth-order valence-corrected chi connectivity index (χ4v) is 4.74. The first-order valence-electron chi connectivity index (χ1n) is 11.6. The zero-order valence-electron chi connectivity index (χ0n) is 19.0. The number of imidazole rings is 1. The first kappa shape index (κ1) is 21.3. The molecule has 0 saturated carbocycles. The van der Waals surface area contributed by atoms with Gasteiger partial charge >= 0.3 is 0 Å². The van der Waals surface area contributed by atoms with Crippen LogP contribution in [0.1, 0.15) is 16.8 Å². The summed E-state index contributed by atoms with van der Waals surface area (Å²) in [6.45, 7) is 4.49. The number of rotatable bonds is 5. The number of hydrogen-bond acceptors (Lipinski definition) is 8. The molecule has 0 radical (unpaired) electrons. The summed E-state index contributed by atoms with van der Waals surface area (Å²) in [4.78, 5) is 15.8. The molecule has 0 amide bonds. The molecule has 0 spiro atoms. The lowest BCUT2D eigenvalue weighted by Crippen LogP contribution is -2.43. The maximum atomic E-state index is 14.6. The maximum Gasteiger partial charge on any atom is 0.209 e. The van der Waals surface area contributed by atoms with Crippen LogP contribution in [0.25, 0.3) is 16.6 Å². The van der Waals surface area contributed by atoms with Crippen molar-refractivity contribution in [2.45, 2.75) is 13.0 Å². The number of piperazine rings is 1. The van der Waals surface area contributed by atoms with Crippen LogP contribution in [-0.4, -0.2) is 52.1 Å². The second-order valence-electron chi connectivity index (χ2n) is 8.52. The van der Waals surface area contributed by atoms with Crippen LogP contribution in [0, 0.1) is 17.1 Å². The van der Waals surface area contributed by atoms with Crippen LogP contribution in [0.15, 0.2) is 43.0 Å². The zero-order chi connectivity index (χ0) is 23.8. The summed E-state index contributed by atoms with van der Waals surface area (Å²) in [7, 11) is 0. The van der Waals surface area contributed by atoms with Crippen molar-refractivity contribution in [2.24, 2.45) is 0 Å². The largest absolute Gasteiger partial charge is 0.493 e. The van der Waals surface area contributed by atoms with Gasteiger partial charge in [-0.2, -0.15) is 5.26 Å².